The fourth-order valence-electron chi connectivity index (χ4n) is 1.40. The molecule has 0 radical (unpaired) electrons. The molecular formula is C12H8BrFN2O2. The standard InChI is InChI=1S/C12H8BrFN2O2/c13-7-2-1-3-8(6-7)16-11-10(14)9(12(17)18)4-5-15-11/h1-6H,(H,15,16)(H,17,18). The van der Waals surface area contributed by atoms with Crippen LogP contribution in [0.5, 0.6) is 0 Å². The molecule has 0 saturated carbocycles. The number of hydrogen-bond acceptors (Lipinski definition) is 3. The lowest BCUT2D eigenvalue weighted by atomic mass is 10.2. The van der Waals surface area contributed by atoms with Crippen LogP contribution in [-0.4, -0.2) is 16.1 Å². The van der Waals surface area contributed by atoms with E-state index >= 15 is 0 Å². The quantitative estimate of drug-likeness (QED) is 0.911. The molecule has 0 spiro atoms. The summed E-state index contributed by atoms with van der Waals surface area (Å²) >= 11 is 3.28. The van der Waals surface area contributed by atoms with Gasteiger partial charge in [-0.25, -0.2) is 14.2 Å². The Labute approximate surface area is 111 Å². The predicted molar refractivity (Wildman–Crippen MR) is 68.6 cm³/mol. The first-order valence-electron chi connectivity index (χ1n) is 4.98. The average molecular weight is 311 g/mol. The molecule has 0 aliphatic heterocycles. The molecule has 92 valence electrons. The van der Waals surface area contributed by atoms with Gasteiger partial charge in [-0.1, -0.05) is 22.0 Å². The number of rotatable bonds is 3. The van der Waals surface area contributed by atoms with Crippen LogP contribution in [0.3, 0.4) is 0 Å². The first kappa shape index (κ1) is 12.5. The maximum absolute atomic E-state index is 13.8. The van der Waals surface area contributed by atoms with E-state index in [0.29, 0.717) is 5.69 Å². The van der Waals surface area contributed by atoms with E-state index in [1.165, 1.54) is 6.20 Å². The minimum Gasteiger partial charge on any atom is -0.478 e. The Hall–Kier alpha value is -1.95. The average Bonchev–Trinajstić information content (AvgIpc) is 2.31. The van der Waals surface area contributed by atoms with Crippen LogP contribution < -0.4 is 5.32 Å². The van der Waals surface area contributed by atoms with Gasteiger partial charge >= 0.3 is 5.97 Å². The molecule has 2 N–H and O–H groups in total. The van der Waals surface area contributed by atoms with Crippen LogP contribution in [0.4, 0.5) is 15.9 Å². The number of benzene rings is 1. The zero-order valence-corrected chi connectivity index (χ0v) is 10.6. The Balaban J connectivity index is 2.35. The van der Waals surface area contributed by atoms with E-state index < -0.39 is 17.3 Å². The number of nitrogens with zero attached hydrogens (tertiary/aromatic N) is 1. The first-order valence-corrected chi connectivity index (χ1v) is 5.77. The molecular weight excluding hydrogens is 303 g/mol. The zero-order chi connectivity index (χ0) is 13.1. The number of carboxylic acid groups (broad SMARTS) is 1. The Morgan fingerprint density at radius 3 is 2.83 bits per heavy atom. The van der Waals surface area contributed by atoms with Crippen molar-refractivity contribution < 1.29 is 14.3 Å². The first-order chi connectivity index (χ1) is 8.58. The van der Waals surface area contributed by atoms with Crippen molar-refractivity contribution in [1.29, 1.82) is 0 Å². The highest BCUT2D eigenvalue weighted by atomic mass is 79.9. The predicted octanol–water partition coefficient (Wildman–Crippen LogP) is 3.43. The maximum Gasteiger partial charge on any atom is 0.338 e. The van der Waals surface area contributed by atoms with Gasteiger partial charge in [0.15, 0.2) is 11.6 Å². The number of aromatic carboxylic acids is 1. The number of halogens is 2. The Kier molecular flexibility index (Phi) is 3.57. The van der Waals surface area contributed by atoms with Gasteiger partial charge in [0.1, 0.15) is 5.56 Å². The highest BCUT2D eigenvalue weighted by Crippen LogP contribution is 2.22. The lowest BCUT2D eigenvalue weighted by molar-refractivity contribution is 0.0692. The van der Waals surface area contributed by atoms with Crippen molar-refractivity contribution in [3.05, 3.63) is 52.4 Å². The monoisotopic (exact) mass is 310 g/mol. The minimum absolute atomic E-state index is 0.118. The second kappa shape index (κ2) is 5.14. The topological polar surface area (TPSA) is 62.2 Å². The van der Waals surface area contributed by atoms with Crippen LogP contribution >= 0.6 is 15.9 Å². The molecule has 1 aromatic heterocycles. The number of nitrogens with one attached hydrogen (secondary N) is 1. The summed E-state index contributed by atoms with van der Waals surface area (Å²) in [6, 6.07) is 8.16. The van der Waals surface area contributed by atoms with Gasteiger partial charge in [-0.3, -0.25) is 0 Å². The van der Waals surface area contributed by atoms with Gasteiger partial charge in [0.05, 0.1) is 0 Å². The van der Waals surface area contributed by atoms with E-state index in [1.807, 2.05) is 6.07 Å². The molecule has 1 aromatic carbocycles. The molecule has 0 unspecified atom stereocenters. The van der Waals surface area contributed by atoms with Gasteiger partial charge in [-0.05, 0) is 24.3 Å². The summed E-state index contributed by atoms with van der Waals surface area (Å²) < 4.78 is 14.6. The van der Waals surface area contributed by atoms with Crippen LogP contribution in [0.15, 0.2) is 41.0 Å². The fourth-order valence-corrected chi connectivity index (χ4v) is 1.80. The Bertz CT molecular complexity index is 604. The fraction of sp³-hybridized carbons (Fsp3) is 0. The molecule has 2 aromatic rings. The molecule has 0 aliphatic carbocycles. The number of aromatic nitrogens is 1. The molecule has 2 rings (SSSR count). The molecule has 6 heteroatoms. The summed E-state index contributed by atoms with van der Waals surface area (Å²) in [6.07, 6.45) is 1.24. The van der Waals surface area contributed by atoms with E-state index in [0.717, 1.165) is 10.5 Å². The van der Waals surface area contributed by atoms with Crippen LogP contribution in [0.1, 0.15) is 10.4 Å². The minimum atomic E-state index is -1.33. The third-order valence-corrected chi connectivity index (χ3v) is 2.70. The van der Waals surface area contributed by atoms with Crippen molar-refractivity contribution in [2.24, 2.45) is 0 Å². The lowest BCUT2D eigenvalue weighted by Gasteiger charge is -2.08. The highest BCUT2D eigenvalue weighted by molar-refractivity contribution is 9.10. The van der Waals surface area contributed by atoms with E-state index in [2.05, 4.69) is 26.2 Å². The Morgan fingerprint density at radius 2 is 2.17 bits per heavy atom. The Morgan fingerprint density at radius 1 is 1.39 bits per heavy atom. The smallest absolute Gasteiger partial charge is 0.338 e. The van der Waals surface area contributed by atoms with Gasteiger partial charge in [-0.15, -0.1) is 0 Å². The van der Waals surface area contributed by atoms with Crippen molar-refractivity contribution in [2.45, 2.75) is 0 Å². The van der Waals surface area contributed by atoms with Crippen molar-refractivity contribution in [2.75, 3.05) is 5.32 Å². The van der Waals surface area contributed by atoms with Gasteiger partial charge in [0, 0.05) is 16.4 Å². The van der Waals surface area contributed by atoms with E-state index in [-0.39, 0.29) is 5.82 Å². The van der Waals surface area contributed by atoms with E-state index in [9.17, 15) is 9.18 Å². The molecule has 0 atom stereocenters. The van der Waals surface area contributed by atoms with Gasteiger partial charge in [0.25, 0.3) is 0 Å². The summed E-state index contributed by atoms with van der Waals surface area (Å²) in [7, 11) is 0. The van der Waals surface area contributed by atoms with Crippen LogP contribution in [0, 0.1) is 5.82 Å². The van der Waals surface area contributed by atoms with Crippen LogP contribution in [0.25, 0.3) is 0 Å². The third kappa shape index (κ3) is 2.65. The second-order valence-corrected chi connectivity index (χ2v) is 4.38. The van der Waals surface area contributed by atoms with Crippen molar-refractivity contribution >= 4 is 33.4 Å². The molecule has 0 aliphatic rings. The largest absolute Gasteiger partial charge is 0.478 e. The number of carbonyl (C=O) groups is 1. The summed E-state index contributed by atoms with van der Waals surface area (Å²) in [6.45, 7) is 0. The van der Waals surface area contributed by atoms with Crippen molar-refractivity contribution in [1.82, 2.24) is 4.98 Å². The van der Waals surface area contributed by atoms with E-state index in [4.69, 9.17) is 5.11 Å². The van der Waals surface area contributed by atoms with Crippen LogP contribution in [-0.2, 0) is 0 Å². The van der Waals surface area contributed by atoms with Gasteiger partial charge < -0.3 is 10.4 Å². The van der Waals surface area contributed by atoms with Crippen molar-refractivity contribution in [3.8, 4) is 0 Å². The molecule has 0 amide bonds. The van der Waals surface area contributed by atoms with Gasteiger partial charge in [-0.2, -0.15) is 0 Å². The molecule has 0 saturated heterocycles. The summed E-state index contributed by atoms with van der Waals surface area (Å²) in [4.78, 5) is 14.6. The lowest BCUT2D eigenvalue weighted by Crippen LogP contribution is -2.05. The molecule has 0 bridgehead atoms. The zero-order valence-electron chi connectivity index (χ0n) is 9.02. The summed E-state index contributed by atoms with van der Waals surface area (Å²) in [5.74, 6) is -2.33. The molecule has 0 fully saturated rings. The normalized spacial score (nSPS) is 10.1. The molecule has 4 nitrogen and oxygen atoms in total. The SMILES string of the molecule is O=C(O)c1ccnc(Nc2cccc(Br)c2)c1F. The number of pyridine rings is 1. The second-order valence-electron chi connectivity index (χ2n) is 3.46. The molecule has 1 heterocycles. The summed E-state index contributed by atoms with van der Waals surface area (Å²) in [5, 5.41) is 11.5. The number of anilines is 2. The molecule has 18 heavy (non-hydrogen) atoms. The third-order valence-electron chi connectivity index (χ3n) is 2.21. The number of hydrogen-bond donors (Lipinski definition) is 2. The summed E-state index contributed by atoms with van der Waals surface area (Å²) in [5.41, 5.74) is 0.195. The van der Waals surface area contributed by atoms with Crippen molar-refractivity contribution in [3.63, 3.8) is 0 Å². The maximum atomic E-state index is 13.8. The highest BCUT2D eigenvalue weighted by Gasteiger charge is 2.14. The van der Waals surface area contributed by atoms with Gasteiger partial charge in [0.2, 0.25) is 0 Å². The van der Waals surface area contributed by atoms with E-state index in [1.54, 1.807) is 18.2 Å². The van der Waals surface area contributed by atoms with Crippen LogP contribution in [0.2, 0.25) is 0 Å². The number of carboxylic acids is 1.